The summed E-state index contributed by atoms with van der Waals surface area (Å²) in [6.45, 7) is 5.41. The molecule has 0 atom stereocenters. The Kier molecular flexibility index (Phi) is 5.69. The van der Waals surface area contributed by atoms with E-state index in [1.165, 1.54) is 7.11 Å². The molecule has 0 aliphatic heterocycles. The van der Waals surface area contributed by atoms with Gasteiger partial charge in [0, 0.05) is 19.7 Å². The van der Waals surface area contributed by atoms with E-state index in [1.54, 1.807) is 40.1 Å². The number of carbonyl (C=O) groups excluding carboxylic acids is 2. The van der Waals surface area contributed by atoms with Crippen molar-refractivity contribution in [3.63, 3.8) is 0 Å². The van der Waals surface area contributed by atoms with Gasteiger partial charge in [-0.2, -0.15) is 0 Å². The molecule has 0 saturated carbocycles. The van der Waals surface area contributed by atoms with Gasteiger partial charge in [0.2, 0.25) is 0 Å². The Hall–Kier alpha value is -2.11. The van der Waals surface area contributed by atoms with Crippen LogP contribution in [0.1, 0.15) is 43.1 Å². The van der Waals surface area contributed by atoms with Gasteiger partial charge in [-0.05, 0) is 38.8 Å². The molecule has 0 aromatic carbocycles. The first-order valence-electron chi connectivity index (χ1n) is 6.73. The Morgan fingerprint density at radius 1 is 1.33 bits per heavy atom. The molecular weight excluding hydrogens is 272 g/mol. The zero-order chi connectivity index (χ0) is 16.0. The number of esters is 2. The van der Waals surface area contributed by atoms with Crippen LogP contribution < -0.4 is 5.32 Å². The Morgan fingerprint density at radius 2 is 2.00 bits per heavy atom. The number of methoxy groups -OCH3 is 1. The second-order valence-corrected chi connectivity index (χ2v) is 5.57. The van der Waals surface area contributed by atoms with E-state index in [4.69, 9.17) is 4.74 Å². The summed E-state index contributed by atoms with van der Waals surface area (Å²) in [6, 6.07) is 1.69. The molecule has 6 nitrogen and oxygen atoms in total. The van der Waals surface area contributed by atoms with Gasteiger partial charge in [0.05, 0.1) is 7.11 Å². The van der Waals surface area contributed by atoms with Crippen molar-refractivity contribution in [3.8, 4) is 0 Å². The Labute approximate surface area is 124 Å². The van der Waals surface area contributed by atoms with Crippen LogP contribution in [0.2, 0.25) is 0 Å². The van der Waals surface area contributed by atoms with Crippen molar-refractivity contribution < 1.29 is 19.1 Å². The number of hydrogen-bond acceptors (Lipinski definition) is 6. The maximum absolute atomic E-state index is 12.2. The largest absolute Gasteiger partial charge is 0.469 e. The maximum atomic E-state index is 12.2. The molecule has 0 aliphatic carbocycles. The van der Waals surface area contributed by atoms with Crippen LogP contribution in [-0.2, 0) is 20.7 Å². The van der Waals surface area contributed by atoms with Crippen LogP contribution in [0.5, 0.6) is 0 Å². The van der Waals surface area contributed by atoms with Crippen LogP contribution in [0.25, 0.3) is 0 Å². The highest BCUT2D eigenvalue weighted by molar-refractivity contribution is 5.95. The number of aromatic nitrogens is 1. The molecule has 1 aromatic rings. The lowest BCUT2D eigenvalue weighted by Gasteiger charge is -2.20. The predicted octanol–water partition coefficient (Wildman–Crippen LogP) is 2.18. The Balaban J connectivity index is 2.95. The molecule has 21 heavy (non-hydrogen) atoms. The summed E-state index contributed by atoms with van der Waals surface area (Å²) in [5.41, 5.74) is 0.555. The summed E-state index contributed by atoms with van der Waals surface area (Å²) < 4.78 is 9.95. The minimum absolute atomic E-state index is 0.241. The molecule has 0 radical (unpaired) electrons. The van der Waals surface area contributed by atoms with Crippen molar-refractivity contribution in [2.45, 2.75) is 39.2 Å². The van der Waals surface area contributed by atoms with Gasteiger partial charge in [0.1, 0.15) is 17.0 Å². The summed E-state index contributed by atoms with van der Waals surface area (Å²) in [4.78, 5) is 27.5. The molecule has 0 fully saturated rings. The molecule has 0 spiro atoms. The highest BCUT2D eigenvalue weighted by atomic mass is 16.6. The van der Waals surface area contributed by atoms with E-state index in [0.717, 1.165) is 5.56 Å². The molecule has 0 amide bonds. The van der Waals surface area contributed by atoms with E-state index in [2.05, 4.69) is 15.0 Å². The number of aryl methyl sites for hydroxylation is 1. The van der Waals surface area contributed by atoms with Crippen LogP contribution in [0.15, 0.2) is 12.3 Å². The van der Waals surface area contributed by atoms with Gasteiger partial charge < -0.3 is 14.8 Å². The number of rotatable bonds is 5. The first kappa shape index (κ1) is 16.9. The second-order valence-electron chi connectivity index (χ2n) is 5.57. The minimum atomic E-state index is -0.579. The van der Waals surface area contributed by atoms with Crippen LogP contribution in [0.4, 0.5) is 5.82 Å². The molecule has 1 heterocycles. The van der Waals surface area contributed by atoms with E-state index >= 15 is 0 Å². The third-order valence-electron chi connectivity index (χ3n) is 2.65. The van der Waals surface area contributed by atoms with Crippen molar-refractivity contribution >= 4 is 17.8 Å². The number of nitrogens with zero attached hydrogens (tertiary/aromatic N) is 1. The van der Waals surface area contributed by atoms with Gasteiger partial charge in [-0.15, -0.1) is 0 Å². The monoisotopic (exact) mass is 294 g/mol. The fourth-order valence-corrected chi connectivity index (χ4v) is 1.68. The summed E-state index contributed by atoms with van der Waals surface area (Å²) >= 11 is 0. The minimum Gasteiger partial charge on any atom is -0.469 e. The van der Waals surface area contributed by atoms with Crippen LogP contribution in [0, 0.1) is 0 Å². The topological polar surface area (TPSA) is 77.5 Å². The zero-order valence-corrected chi connectivity index (χ0v) is 13.1. The van der Waals surface area contributed by atoms with E-state index in [1.807, 2.05) is 0 Å². The van der Waals surface area contributed by atoms with Crippen molar-refractivity contribution in [2.75, 3.05) is 19.5 Å². The average Bonchev–Trinajstić information content (AvgIpc) is 2.42. The number of hydrogen-bond donors (Lipinski definition) is 1. The van der Waals surface area contributed by atoms with Gasteiger partial charge in [-0.25, -0.2) is 9.78 Å². The smallest absolute Gasteiger partial charge is 0.342 e. The maximum Gasteiger partial charge on any atom is 0.342 e. The third-order valence-corrected chi connectivity index (χ3v) is 2.65. The average molecular weight is 294 g/mol. The van der Waals surface area contributed by atoms with Gasteiger partial charge in [0.25, 0.3) is 0 Å². The van der Waals surface area contributed by atoms with Crippen LogP contribution in [-0.4, -0.2) is 36.7 Å². The molecule has 1 aromatic heterocycles. The SMILES string of the molecule is CNc1ncc(CCC(=O)OC)cc1C(=O)OC(C)(C)C. The molecule has 0 unspecified atom stereocenters. The third kappa shape index (κ3) is 5.41. The predicted molar refractivity (Wildman–Crippen MR) is 79.3 cm³/mol. The van der Waals surface area contributed by atoms with Gasteiger partial charge in [-0.3, -0.25) is 4.79 Å². The van der Waals surface area contributed by atoms with Crippen molar-refractivity contribution in [2.24, 2.45) is 0 Å². The number of ether oxygens (including phenoxy) is 2. The second kappa shape index (κ2) is 7.06. The fraction of sp³-hybridized carbons (Fsp3) is 0.533. The van der Waals surface area contributed by atoms with Gasteiger partial charge in [0.15, 0.2) is 0 Å². The molecule has 0 saturated heterocycles. The van der Waals surface area contributed by atoms with E-state index in [0.29, 0.717) is 17.8 Å². The fourth-order valence-electron chi connectivity index (χ4n) is 1.68. The molecule has 0 bridgehead atoms. The molecular formula is C15H22N2O4. The van der Waals surface area contributed by atoms with E-state index in [-0.39, 0.29) is 12.4 Å². The summed E-state index contributed by atoms with van der Waals surface area (Å²) in [6.07, 6.45) is 2.33. The Bertz CT molecular complexity index is 521. The van der Waals surface area contributed by atoms with E-state index < -0.39 is 11.6 Å². The standard InChI is InChI=1S/C15H22N2O4/c1-15(2,3)21-14(19)11-8-10(6-7-12(18)20-5)9-17-13(11)16-4/h8-9H,6-7H2,1-5H3,(H,16,17). The van der Waals surface area contributed by atoms with Crippen LogP contribution >= 0.6 is 0 Å². The summed E-state index contributed by atoms with van der Waals surface area (Å²) in [7, 11) is 3.03. The first-order valence-corrected chi connectivity index (χ1v) is 6.73. The molecule has 1 N–H and O–H groups in total. The zero-order valence-electron chi connectivity index (χ0n) is 13.1. The lowest BCUT2D eigenvalue weighted by atomic mass is 10.1. The van der Waals surface area contributed by atoms with Gasteiger partial charge in [-0.1, -0.05) is 0 Å². The van der Waals surface area contributed by atoms with Crippen LogP contribution in [0.3, 0.4) is 0 Å². The number of pyridine rings is 1. The van der Waals surface area contributed by atoms with Crippen molar-refractivity contribution in [3.05, 3.63) is 23.4 Å². The summed E-state index contributed by atoms with van der Waals surface area (Å²) in [5.74, 6) is -0.295. The number of carbonyl (C=O) groups is 2. The van der Waals surface area contributed by atoms with Crippen molar-refractivity contribution in [1.29, 1.82) is 0 Å². The molecule has 1 rings (SSSR count). The number of anilines is 1. The quantitative estimate of drug-likeness (QED) is 0.839. The lowest BCUT2D eigenvalue weighted by Crippen LogP contribution is -2.24. The highest BCUT2D eigenvalue weighted by Gasteiger charge is 2.21. The van der Waals surface area contributed by atoms with Gasteiger partial charge >= 0.3 is 11.9 Å². The molecule has 0 aliphatic rings. The van der Waals surface area contributed by atoms with E-state index in [9.17, 15) is 9.59 Å². The molecule has 116 valence electrons. The lowest BCUT2D eigenvalue weighted by molar-refractivity contribution is -0.140. The normalized spacial score (nSPS) is 10.9. The van der Waals surface area contributed by atoms with Crippen molar-refractivity contribution in [1.82, 2.24) is 4.98 Å². The highest BCUT2D eigenvalue weighted by Crippen LogP contribution is 2.19. The number of nitrogens with one attached hydrogen (secondary N) is 1. The first-order chi connectivity index (χ1) is 9.76. The Morgan fingerprint density at radius 3 is 2.52 bits per heavy atom. The summed E-state index contributed by atoms with van der Waals surface area (Å²) in [5, 5.41) is 2.86. The molecule has 6 heteroatoms.